The van der Waals surface area contributed by atoms with Crippen LogP contribution in [0, 0.1) is 3.57 Å². The van der Waals surface area contributed by atoms with Gasteiger partial charge >= 0.3 is 5.97 Å². The number of likely N-dealkylation sites (N-methyl/N-ethyl adjacent to an activating group) is 1. The summed E-state index contributed by atoms with van der Waals surface area (Å²) in [5.41, 5.74) is 1.43. The number of halogens is 3. The molecule has 2 atom stereocenters. The van der Waals surface area contributed by atoms with E-state index in [1.165, 1.54) is 4.90 Å². The van der Waals surface area contributed by atoms with Gasteiger partial charge in [-0.3, -0.25) is 9.59 Å². The molecule has 0 bridgehead atoms. The van der Waals surface area contributed by atoms with Crippen LogP contribution in [0.25, 0.3) is 0 Å². The van der Waals surface area contributed by atoms with E-state index in [9.17, 15) is 19.5 Å². The number of amides is 2. The molecule has 1 N–H and O–H groups in total. The second kappa shape index (κ2) is 9.32. The highest BCUT2D eigenvalue weighted by atomic mass is 127. The lowest BCUT2D eigenvalue weighted by atomic mass is 9.97. The lowest BCUT2D eigenvalue weighted by Crippen LogP contribution is -2.45. The van der Waals surface area contributed by atoms with Gasteiger partial charge in [-0.25, -0.2) is 4.79 Å². The van der Waals surface area contributed by atoms with Crippen LogP contribution in [0.5, 0.6) is 0 Å². The van der Waals surface area contributed by atoms with E-state index < -0.39 is 29.9 Å². The number of nitrogens with zero attached hydrogens (tertiary/aromatic N) is 2. The van der Waals surface area contributed by atoms with Crippen LogP contribution in [0.2, 0.25) is 10.0 Å². The predicted octanol–water partition coefficient (Wildman–Crippen LogP) is 5.58. The van der Waals surface area contributed by atoms with Gasteiger partial charge in [0.25, 0.3) is 11.8 Å². The van der Waals surface area contributed by atoms with Crippen LogP contribution < -0.4 is 4.90 Å². The highest BCUT2D eigenvalue weighted by molar-refractivity contribution is 14.1. The number of carboxylic acid groups (broad SMARTS) is 1. The average molecular weight is 595 g/mol. The SMILES string of the molecule is CN1C(=O)[C@H](c2ccc(Cl)cc2)N([C@@H](C(=O)O)c2ccc(Cl)cc2)C(=O)c2cc(I)ccc21. The van der Waals surface area contributed by atoms with Gasteiger partial charge in [0.05, 0.1) is 11.3 Å². The van der Waals surface area contributed by atoms with E-state index in [1.54, 1.807) is 73.8 Å². The summed E-state index contributed by atoms with van der Waals surface area (Å²) in [6.45, 7) is 0. The molecule has 0 aromatic heterocycles. The molecular formula is C24H17Cl2IN2O4. The number of hydrogen-bond acceptors (Lipinski definition) is 3. The molecule has 6 nitrogen and oxygen atoms in total. The van der Waals surface area contributed by atoms with Crippen molar-refractivity contribution in [3.8, 4) is 0 Å². The molecule has 168 valence electrons. The molecule has 3 aromatic carbocycles. The van der Waals surface area contributed by atoms with Crippen molar-refractivity contribution in [2.24, 2.45) is 0 Å². The summed E-state index contributed by atoms with van der Waals surface area (Å²) in [6, 6.07) is 15.2. The van der Waals surface area contributed by atoms with Gasteiger partial charge < -0.3 is 14.9 Å². The molecular weight excluding hydrogens is 578 g/mol. The van der Waals surface area contributed by atoms with E-state index in [1.807, 2.05) is 0 Å². The first-order chi connectivity index (χ1) is 15.7. The van der Waals surface area contributed by atoms with Gasteiger partial charge in [0, 0.05) is 20.7 Å². The minimum Gasteiger partial charge on any atom is -0.479 e. The van der Waals surface area contributed by atoms with E-state index in [-0.39, 0.29) is 5.56 Å². The molecule has 1 aliphatic heterocycles. The first-order valence-electron chi connectivity index (χ1n) is 9.82. The minimum atomic E-state index is -1.43. The normalized spacial score (nSPS) is 16.9. The topological polar surface area (TPSA) is 77.9 Å². The van der Waals surface area contributed by atoms with E-state index in [2.05, 4.69) is 22.6 Å². The highest BCUT2D eigenvalue weighted by Gasteiger charge is 2.45. The number of rotatable bonds is 4. The van der Waals surface area contributed by atoms with Gasteiger partial charge in [-0.15, -0.1) is 0 Å². The van der Waals surface area contributed by atoms with Crippen LogP contribution in [-0.4, -0.2) is 34.8 Å². The number of hydrogen-bond donors (Lipinski definition) is 1. The van der Waals surface area contributed by atoms with Crippen LogP contribution in [0.4, 0.5) is 5.69 Å². The Labute approximate surface area is 213 Å². The van der Waals surface area contributed by atoms with Gasteiger partial charge in [-0.1, -0.05) is 47.5 Å². The van der Waals surface area contributed by atoms with Crippen molar-refractivity contribution >= 4 is 69.3 Å². The number of carbonyl (C=O) groups is 3. The maximum absolute atomic E-state index is 13.9. The number of anilines is 1. The van der Waals surface area contributed by atoms with Crippen molar-refractivity contribution in [3.05, 3.63) is 97.0 Å². The average Bonchev–Trinajstić information content (AvgIpc) is 2.86. The van der Waals surface area contributed by atoms with Gasteiger partial charge in [-0.2, -0.15) is 0 Å². The zero-order valence-corrected chi connectivity index (χ0v) is 20.9. The maximum atomic E-state index is 13.9. The fourth-order valence-electron chi connectivity index (χ4n) is 3.93. The molecule has 3 aromatic rings. The summed E-state index contributed by atoms with van der Waals surface area (Å²) in [5, 5.41) is 11.1. The highest BCUT2D eigenvalue weighted by Crippen LogP contribution is 2.40. The molecule has 33 heavy (non-hydrogen) atoms. The Morgan fingerprint density at radius 3 is 2.12 bits per heavy atom. The summed E-state index contributed by atoms with van der Waals surface area (Å²) in [6.07, 6.45) is 0. The van der Waals surface area contributed by atoms with Crippen molar-refractivity contribution in [1.29, 1.82) is 0 Å². The van der Waals surface area contributed by atoms with Crippen LogP contribution in [0.1, 0.15) is 33.6 Å². The number of fused-ring (bicyclic) bond motifs is 1. The number of aliphatic carboxylic acids is 1. The second-order valence-corrected chi connectivity index (χ2v) is 9.64. The van der Waals surface area contributed by atoms with E-state index >= 15 is 0 Å². The Kier molecular flexibility index (Phi) is 6.65. The molecule has 0 saturated carbocycles. The van der Waals surface area contributed by atoms with Crippen LogP contribution in [0.3, 0.4) is 0 Å². The second-order valence-electron chi connectivity index (χ2n) is 7.52. The van der Waals surface area contributed by atoms with Crippen molar-refractivity contribution < 1.29 is 19.5 Å². The smallest absolute Gasteiger partial charge is 0.331 e. The minimum absolute atomic E-state index is 0.245. The van der Waals surface area contributed by atoms with E-state index in [4.69, 9.17) is 23.2 Å². The van der Waals surface area contributed by atoms with Gasteiger partial charge in [0.1, 0.15) is 6.04 Å². The molecule has 0 fully saturated rings. The monoisotopic (exact) mass is 594 g/mol. The fourth-order valence-corrected chi connectivity index (χ4v) is 4.67. The molecule has 0 saturated heterocycles. The van der Waals surface area contributed by atoms with Gasteiger partial charge in [0.2, 0.25) is 0 Å². The number of benzene rings is 3. The predicted molar refractivity (Wildman–Crippen MR) is 135 cm³/mol. The molecule has 4 rings (SSSR count). The van der Waals surface area contributed by atoms with Crippen LogP contribution in [-0.2, 0) is 9.59 Å². The van der Waals surface area contributed by atoms with Crippen LogP contribution in [0.15, 0.2) is 66.7 Å². The summed E-state index contributed by atoms with van der Waals surface area (Å²) in [5.74, 6) is -2.27. The summed E-state index contributed by atoms with van der Waals surface area (Å²) >= 11 is 14.1. The van der Waals surface area contributed by atoms with E-state index in [0.29, 0.717) is 26.9 Å². The first kappa shape index (κ1) is 23.5. The third kappa shape index (κ3) is 4.45. The Hall–Kier alpha value is -2.62. The summed E-state index contributed by atoms with van der Waals surface area (Å²) in [7, 11) is 1.58. The molecule has 0 unspecified atom stereocenters. The van der Waals surface area contributed by atoms with Crippen molar-refractivity contribution in [2.45, 2.75) is 12.1 Å². The Balaban J connectivity index is 1.99. The molecule has 2 amide bonds. The number of carboxylic acids is 1. The van der Waals surface area contributed by atoms with Gasteiger partial charge in [0.15, 0.2) is 6.04 Å². The van der Waals surface area contributed by atoms with Crippen molar-refractivity contribution in [1.82, 2.24) is 4.90 Å². The maximum Gasteiger partial charge on any atom is 0.331 e. The lowest BCUT2D eigenvalue weighted by Gasteiger charge is -2.35. The fraction of sp³-hybridized carbons (Fsp3) is 0.125. The first-order valence-corrected chi connectivity index (χ1v) is 11.7. The van der Waals surface area contributed by atoms with Crippen LogP contribution >= 0.6 is 45.8 Å². The third-order valence-corrected chi connectivity index (χ3v) is 6.69. The van der Waals surface area contributed by atoms with Gasteiger partial charge in [-0.05, 0) is 76.2 Å². The Morgan fingerprint density at radius 1 is 0.970 bits per heavy atom. The molecule has 1 aliphatic rings. The van der Waals surface area contributed by atoms with E-state index in [0.717, 1.165) is 8.47 Å². The zero-order chi connectivity index (χ0) is 23.9. The molecule has 0 aliphatic carbocycles. The largest absolute Gasteiger partial charge is 0.479 e. The Bertz CT molecular complexity index is 1250. The zero-order valence-electron chi connectivity index (χ0n) is 17.2. The Morgan fingerprint density at radius 2 is 1.55 bits per heavy atom. The molecule has 9 heteroatoms. The molecule has 0 radical (unpaired) electrons. The summed E-state index contributed by atoms with van der Waals surface area (Å²) in [4.78, 5) is 42.8. The molecule has 0 spiro atoms. The standard InChI is InChI=1S/C24H17Cl2IN2O4/c1-28-19-11-10-17(27)12-18(19)22(30)29(20(23(28)31)13-2-6-15(25)7-3-13)21(24(32)33)14-4-8-16(26)9-5-14/h2-12,20-21H,1H3,(H,32,33)/t20-,21+/m0/s1. The third-order valence-electron chi connectivity index (χ3n) is 5.51. The quantitative estimate of drug-likeness (QED) is 0.400. The van der Waals surface area contributed by atoms with Crippen molar-refractivity contribution in [3.63, 3.8) is 0 Å². The van der Waals surface area contributed by atoms with Crippen molar-refractivity contribution in [2.75, 3.05) is 11.9 Å². The summed E-state index contributed by atoms with van der Waals surface area (Å²) < 4.78 is 0.781. The lowest BCUT2D eigenvalue weighted by molar-refractivity contribution is -0.144. The molecule has 1 heterocycles. The number of carbonyl (C=O) groups excluding carboxylic acids is 2.